The number of halogens is 1. The van der Waals surface area contributed by atoms with Gasteiger partial charge in [0, 0.05) is 35.3 Å². The third-order valence-corrected chi connectivity index (χ3v) is 9.66. The second kappa shape index (κ2) is 11.1. The molecule has 3 N–H and O–H groups in total. The molecule has 41 heavy (non-hydrogen) atoms. The summed E-state index contributed by atoms with van der Waals surface area (Å²) < 4.78 is 18.2. The number of hydrogen-bond donors (Lipinski definition) is 3. The highest BCUT2D eigenvalue weighted by Crippen LogP contribution is 2.69. The monoisotopic (exact) mass is 616 g/mol. The van der Waals surface area contributed by atoms with Crippen molar-refractivity contribution in [1.82, 2.24) is 0 Å². The first-order valence-corrected chi connectivity index (χ1v) is 14.4. The fourth-order valence-corrected chi connectivity index (χ4v) is 7.93. The third kappa shape index (κ3) is 4.34. The first-order chi connectivity index (χ1) is 20.0. The fraction of sp³-hybridized carbons (Fsp3) is 0.294. The van der Waals surface area contributed by atoms with Crippen LogP contribution in [0.25, 0.3) is 0 Å². The van der Waals surface area contributed by atoms with Crippen LogP contribution in [0.2, 0.25) is 0 Å². The molecule has 0 heterocycles. The molecule has 1 unspecified atom stereocenters. The van der Waals surface area contributed by atoms with E-state index in [0.717, 1.165) is 66.0 Å². The molecule has 6 nitrogen and oxygen atoms in total. The summed E-state index contributed by atoms with van der Waals surface area (Å²) in [5, 5.41) is 30.7. The number of benzene rings is 4. The zero-order valence-corrected chi connectivity index (χ0v) is 24.8. The van der Waals surface area contributed by atoms with Crippen LogP contribution in [-0.2, 0) is 19.8 Å². The molecule has 0 amide bonds. The molecular formula is C34H33BrO6. The first kappa shape index (κ1) is 27.8. The van der Waals surface area contributed by atoms with Crippen LogP contribution in [0.3, 0.4) is 0 Å². The Hall–Kier alpha value is -3.36. The van der Waals surface area contributed by atoms with Crippen LogP contribution in [0.5, 0.6) is 17.2 Å². The average molecular weight is 618 g/mol. The van der Waals surface area contributed by atoms with Crippen LogP contribution in [-0.4, -0.2) is 36.6 Å². The van der Waals surface area contributed by atoms with Crippen LogP contribution in [0.1, 0.15) is 73.7 Å². The van der Waals surface area contributed by atoms with Crippen LogP contribution in [0.15, 0.2) is 71.2 Å². The molecule has 0 spiro atoms. The molecule has 0 aliphatic heterocycles. The van der Waals surface area contributed by atoms with Gasteiger partial charge in [-0.3, -0.25) is 0 Å². The second-order valence-electron chi connectivity index (χ2n) is 10.7. The minimum absolute atomic E-state index is 0.0173. The Morgan fingerprint density at radius 1 is 0.610 bits per heavy atom. The van der Waals surface area contributed by atoms with Crippen molar-refractivity contribution in [2.45, 2.75) is 43.5 Å². The maximum absolute atomic E-state index is 10.7. The summed E-state index contributed by atoms with van der Waals surface area (Å²) in [6.45, 7) is -0.312. The van der Waals surface area contributed by atoms with Gasteiger partial charge in [0.15, 0.2) is 0 Å². The first-order valence-electron chi connectivity index (χ1n) is 13.6. The van der Waals surface area contributed by atoms with E-state index in [1.807, 2.05) is 36.4 Å². The molecule has 6 rings (SSSR count). The molecule has 2 aliphatic carbocycles. The molecule has 4 aromatic carbocycles. The minimum Gasteiger partial charge on any atom is -0.497 e. The summed E-state index contributed by atoms with van der Waals surface area (Å²) in [5.41, 5.74) is 8.99. The molecule has 2 aliphatic rings. The van der Waals surface area contributed by atoms with Gasteiger partial charge in [0.05, 0.1) is 45.6 Å². The van der Waals surface area contributed by atoms with E-state index in [2.05, 4.69) is 46.3 Å². The predicted octanol–water partition coefficient (Wildman–Crippen LogP) is 6.11. The van der Waals surface area contributed by atoms with Gasteiger partial charge in [-0.15, -0.1) is 0 Å². The number of aliphatic hydroxyl groups excluding tert-OH is 3. The quantitative estimate of drug-likeness (QED) is 0.221. The van der Waals surface area contributed by atoms with Gasteiger partial charge < -0.3 is 29.5 Å². The Morgan fingerprint density at radius 2 is 1.27 bits per heavy atom. The van der Waals surface area contributed by atoms with Gasteiger partial charge in [-0.1, -0.05) is 48.5 Å². The lowest BCUT2D eigenvalue weighted by Gasteiger charge is -2.41. The molecule has 7 heteroatoms. The van der Waals surface area contributed by atoms with E-state index in [9.17, 15) is 15.3 Å². The SMILES string of the molecule is COc1ccc([C@@H]2C3c4cc(CO)cc(CO)c4[C@H](c4ccc(CO)cc4)[C@@H]2c2c(Br)c(OC)cc(OC)c23)cc1. The van der Waals surface area contributed by atoms with Crippen molar-refractivity contribution in [2.75, 3.05) is 21.3 Å². The van der Waals surface area contributed by atoms with Crippen LogP contribution in [0.4, 0.5) is 0 Å². The summed E-state index contributed by atoms with van der Waals surface area (Å²) in [5.74, 6) is 1.97. The Morgan fingerprint density at radius 3 is 1.85 bits per heavy atom. The van der Waals surface area contributed by atoms with Gasteiger partial charge in [0.1, 0.15) is 17.2 Å². The van der Waals surface area contributed by atoms with Crippen molar-refractivity contribution >= 4 is 15.9 Å². The molecule has 0 saturated carbocycles. The molecule has 212 valence electrons. The van der Waals surface area contributed by atoms with E-state index in [-0.39, 0.29) is 43.5 Å². The predicted molar refractivity (Wildman–Crippen MR) is 160 cm³/mol. The van der Waals surface area contributed by atoms with Crippen molar-refractivity contribution in [3.63, 3.8) is 0 Å². The topological polar surface area (TPSA) is 88.4 Å². The summed E-state index contributed by atoms with van der Waals surface area (Å²) in [7, 11) is 5.01. The minimum atomic E-state index is -0.147. The van der Waals surface area contributed by atoms with E-state index in [0.29, 0.717) is 5.75 Å². The highest BCUT2D eigenvalue weighted by Gasteiger charge is 2.54. The lowest BCUT2D eigenvalue weighted by atomic mass is 9.62. The second-order valence-corrected chi connectivity index (χ2v) is 11.5. The number of fused-ring (bicyclic) bond motifs is 7. The van der Waals surface area contributed by atoms with Gasteiger partial charge in [-0.25, -0.2) is 0 Å². The van der Waals surface area contributed by atoms with Crippen LogP contribution >= 0.6 is 15.9 Å². The van der Waals surface area contributed by atoms with E-state index < -0.39 is 0 Å². The zero-order chi connectivity index (χ0) is 28.8. The highest BCUT2D eigenvalue weighted by atomic mass is 79.9. The van der Waals surface area contributed by atoms with Crippen molar-refractivity contribution in [3.8, 4) is 17.2 Å². The maximum Gasteiger partial charge on any atom is 0.137 e. The van der Waals surface area contributed by atoms with Crippen molar-refractivity contribution in [1.29, 1.82) is 0 Å². The van der Waals surface area contributed by atoms with Gasteiger partial charge in [-0.05, 0) is 72.6 Å². The summed E-state index contributed by atoms with van der Waals surface area (Å²) in [4.78, 5) is 0. The van der Waals surface area contributed by atoms with E-state index in [1.165, 1.54) is 0 Å². The molecule has 0 aromatic heterocycles. The lowest BCUT2D eigenvalue weighted by Crippen LogP contribution is -2.27. The molecule has 4 atom stereocenters. The Balaban J connectivity index is 1.74. The van der Waals surface area contributed by atoms with E-state index in [4.69, 9.17) is 14.2 Å². The largest absolute Gasteiger partial charge is 0.497 e. The summed E-state index contributed by atoms with van der Waals surface area (Å²) in [6, 6.07) is 22.3. The normalized spacial score (nSPS) is 20.4. The van der Waals surface area contributed by atoms with Crippen LogP contribution < -0.4 is 14.2 Å². The van der Waals surface area contributed by atoms with Crippen molar-refractivity contribution in [2.24, 2.45) is 0 Å². The van der Waals surface area contributed by atoms with Crippen molar-refractivity contribution in [3.05, 3.63) is 121 Å². The fourth-order valence-electron chi connectivity index (χ4n) is 7.17. The van der Waals surface area contributed by atoms with Gasteiger partial charge in [0.2, 0.25) is 0 Å². The Labute approximate surface area is 248 Å². The number of rotatable bonds is 8. The molecule has 0 saturated heterocycles. The Kier molecular flexibility index (Phi) is 7.55. The molecule has 4 aromatic rings. The molecular weight excluding hydrogens is 584 g/mol. The van der Waals surface area contributed by atoms with E-state index in [1.54, 1.807) is 21.3 Å². The van der Waals surface area contributed by atoms with Gasteiger partial charge in [-0.2, -0.15) is 0 Å². The number of aliphatic hydroxyl groups is 3. The molecule has 0 radical (unpaired) electrons. The van der Waals surface area contributed by atoms with E-state index >= 15 is 0 Å². The van der Waals surface area contributed by atoms with Crippen molar-refractivity contribution < 1.29 is 29.5 Å². The lowest BCUT2D eigenvalue weighted by molar-refractivity contribution is 0.272. The number of ether oxygens (including phenoxy) is 3. The van der Waals surface area contributed by atoms with Gasteiger partial charge in [0.25, 0.3) is 0 Å². The molecule has 2 bridgehead atoms. The number of methoxy groups -OCH3 is 3. The summed E-state index contributed by atoms with van der Waals surface area (Å²) in [6.07, 6.45) is 0. The standard InChI is InChI=1S/C34H33BrO6/c1-39-23-10-8-21(9-11-23)29-30-24-13-19(16-37)12-22(17-38)27(24)28(20-6-4-18(15-36)5-7-20)32(29)33-31(30)25(40-2)14-26(41-3)34(33)35/h4-14,28-30,32,36-38H,15-17H2,1-3H3/t28-,29+,30?,32-/m0/s1. The Bertz CT molecular complexity index is 1580. The third-order valence-electron chi connectivity index (χ3n) is 8.84. The molecule has 0 fully saturated rings. The average Bonchev–Trinajstić information content (AvgIpc) is 3.31. The summed E-state index contributed by atoms with van der Waals surface area (Å²) >= 11 is 3.92. The maximum atomic E-state index is 10.7. The van der Waals surface area contributed by atoms with Crippen LogP contribution in [0, 0.1) is 0 Å². The zero-order valence-electron chi connectivity index (χ0n) is 23.2. The smallest absolute Gasteiger partial charge is 0.137 e. The highest BCUT2D eigenvalue weighted by molar-refractivity contribution is 9.10. The number of hydrogen-bond acceptors (Lipinski definition) is 6. The van der Waals surface area contributed by atoms with Gasteiger partial charge >= 0.3 is 0 Å².